The summed E-state index contributed by atoms with van der Waals surface area (Å²) in [5, 5.41) is 8.83. The predicted molar refractivity (Wildman–Crippen MR) is 72.9 cm³/mol. The van der Waals surface area contributed by atoms with Gasteiger partial charge in [-0.15, -0.1) is 0 Å². The Bertz CT molecular complexity index is 776. The molecule has 2 aromatic carbocycles. The van der Waals surface area contributed by atoms with E-state index in [-0.39, 0.29) is 34.0 Å². The molecular weight excluding hydrogens is 272 g/mol. The third kappa shape index (κ3) is 1.95. The lowest BCUT2D eigenvalue weighted by Gasteiger charge is -2.18. The number of hydrogen-bond donors (Lipinski definition) is 1. The van der Waals surface area contributed by atoms with Crippen molar-refractivity contribution in [1.82, 2.24) is 0 Å². The van der Waals surface area contributed by atoms with E-state index < -0.39 is 6.79 Å². The molecule has 0 saturated heterocycles. The van der Waals surface area contributed by atoms with E-state index in [0.29, 0.717) is 17.4 Å². The molecule has 1 N–H and O–H groups in total. The zero-order valence-corrected chi connectivity index (χ0v) is 10.8. The van der Waals surface area contributed by atoms with E-state index in [1.165, 1.54) is 12.1 Å². The Kier molecular flexibility index (Phi) is 3.12. The molecule has 1 aliphatic rings. The molecule has 0 aromatic heterocycles. The molecule has 0 amide bonds. The van der Waals surface area contributed by atoms with Crippen LogP contribution in [0.15, 0.2) is 36.4 Å². The third-order valence-corrected chi connectivity index (χ3v) is 3.40. The highest BCUT2D eigenvalue weighted by Gasteiger charge is 2.30. The molecule has 0 aliphatic heterocycles. The van der Waals surface area contributed by atoms with Crippen molar-refractivity contribution in [2.24, 2.45) is 0 Å². The molecule has 0 saturated carbocycles. The van der Waals surface area contributed by atoms with E-state index in [1.807, 2.05) is 0 Å². The maximum absolute atomic E-state index is 12.5. The monoisotopic (exact) mass is 282 g/mol. The third-order valence-electron chi connectivity index (χ3n) is 3.40. The first kappa shape index (κ1) is 13.2. The second-order valence-corrected chi connectivity index (χ2v) is 4.53. The smallest absolute Gasteiger partial charge is 0.194 e. The van der Waals surface area contributed by atoms with E-state index in [0.717, 1.165) is 0 Å². The SMILES string of the molecule is O=Cc1cc2c(cc1OCO)C(=O)c1ccccc1C2=O. The van der Waals surface area contributed by atoms with E-state index >= 15 is 0 Å². The highest BCUT2D eigenvalue weighted by Crippen LogP contribution is 2.31. The first-order chi connectivity index (χ1) is 10.2. The van der Waals surface area contributed by atoms with Gasteiger partial charge in [-0.05, 0) is 12.1 Å². The fourth-order valence-corrected chi connectivity index (χ4v) is 2.43. The molecule has 0 unspecified atom stereocenters. The quantitative estimate of drug-likeness (QED) is 0.583. The predicted octanol–water partition coefficient (Wildman–Crippen LogP) is 1.60. The lowest BCUT2D eigenvalue weighted by atomic mass is 9.83. The van der Waals surface area contributed by atoms with Crippen molar-refractivity contribution < 1.29 is 24.2 Å². The minimum Gasteiger partial charge on any atom is -0.467 e. The van der Waals surface area contributed by atoms with Crippen LogP contribution in [0.25, 0.3) is 0 Å². The van der Waals surface area contributed by atoms with E-state index in [9.17, 15) is 14.4 Å². The Morgan fingerprint density at radius 1 is 0.952 bits per heavy atom. The summed E-state index contributed by atoms with van der Waals surface area (Å²) in [4.78, 5) is 35.9. The molecule has 0 heterocycles. The Morgan fingerprint density at radius 3 is 2.05 bits per heavy atom. The van der Waals surface area contributed by atoms with Gasteiger partial charge in [0.25, 0.3) is 0 Å². The van der Waals surface area contributed by atoms with E-state index in [4.69, 9.17) is 9.84 Å². The number of aldehydes is 1. The summed E-state index contributed by atoms with van der Waals surface area (Å²) >= 11 is 0. The van der Waals surface area contributed by atoms with Crippen molar-refractivity contribution in [3.8, 4) is 5.75 Å². The molecule has 2 aromatic rings. The number of ketones is 2. The van der Waals surface area contributed by atoms with E-state index in [2.05, 4.69) is 0 Å². The first-order valence-electron chi connectivity index (χ1n) is 6.22. The number of rotatable bonds is 3. The molecule has 104 valence electrons. The van der Waals surface area contributed by atoms with Crippen molar-refractivity contribution >= 4 is 17.9 Å². The Morgan fingerprint density at radius 2 is 1.52 bits per heavy atom. The van der Waals surface area contributed by atoms with Gasteiger partial charge in [0.1, 0.15) is 5.75 Å². The number of ether oxygens (including phenoxy) is 1. The molecule has 0 fully saturated rings. The Labute approximate surface area is 119 Å². The van der Waals surface area contributed by atoms with Crippen molar-refractivity contribution in [3.63, 3.8) is 0 Å². The Balaban J connectivity index is 2.25. The van der Waals surface area contributed by atoms with Gasteiger partial charge in [0.05, 0.1) is 5.56 Å². The highest BCUT2D eigenvalue weighted by molar-refractivity contribution is 6.28. The molecule has 5 nitrogen and oxygen atoms in total. The number of hydrogen-bond acceptors (Lipinski definition) is 5. The molecule has 5 heteroatoms. The number of aliphatic hydroxyl groups is 1. The van der Waals surface area contributed by atoms with Gasteiger partial charge in [-0.25, -0.2) is 0 Å². The highest BCUT2D eigenvalue weighted by atomic mass is 16.6. The molecule has 0 atom stereocenters. The van der Waals surface area contributed by atoms with Crippen LogP contribution in [0.4, 0.5) is 0 Å². The largest absolute Gasteiger partial charge is 0.467 e. The average molecular weight is 282 g/mol. The maximum atomic E-state index is 12.5. The van der Waals surface area contributed by atoms with Crippen LogP contribution >= 0.6 is 0 Å². The van der Waals surface area contributed by atoms with Gasteiger partial charge in [-0.2, -0.15) is 0 Å². The van der Waals surface area contributed by atoms with Crippen LogP contribution in [0.2, 0.25) is 0 Å². The Hall–Kier alpha value is -2.79. The van der Waals surface area contributed by atoms with Gasteiger partial charge in [0, 0.05) is 22.3 Å². The van der Waals surface area contributed by atoms with Crippen LogP contribution in [0, 0.1) is 0 Å². The van der Waals surface area contributed by atoms with Crippen LogP contribution < -0.4 is 4.74 Å². The zero-order valence-electron chi connectivity index (χ0n) is 10.8. The van der Waals surface area contributed by atoms with Crippen LogP contribution in [-0.2, 0) is 0 Å². The van der Waals surface area contributed by atoms with Crippen LogP contribution in [0.5, 0.6) is 5.75 Å². The number of aliphatic hydroxyl groups excluding tert-OH is 1. The fraction of sp³-hybridized carbons (Fsp3) is 0.0625. The van der Waals surface area contributed by atoms with Gasteiger partial charge >= 0.3 is 0 Å². The molecule has 1 aliphatic carbocycles. The summed E-state index contributed by atoms with van der Waals surface area (Å²) < 4.78 is 4.93. The summed E-state index contributed by atoms with van der Waals surface area (Å²) in [6.07, 6.45) is 0.517. The summed E-state index contributed by atoms with van der Waals surface area (Å²) in [5.41, 5.74) is 1.11. The molecule has 0 spiro atoms. The number of fused-ring (bicyclic) bond motifs is 2. The minimum absolute atomic E-state index is 0.0757. The van der Waals surface area contributed by atoms with E-state index in [1.54, 1.807) is 24.3 Å². The van der Waals surface area contributed by atoms with Gasteiger partial charge < -0.3 is 9.84 Å². The normalized spacial score (nSPS) is 12.6. The second kappa shape index (κ2) is 4.96. The summed E-state index contributed by atoms with van der Waals surface area (Å²) in [5.74, 6) is -0.536. The number of benzene rings is 2. The number of carbonyl (C=O) groups excluding carboxylic acids is 3. The second-order valence-electron chi connectivity index (χ2n) is 4.53. The van der Waals surface area contributed by atoms with Crippen molar-refractivity contribution in [2.45, 2.75) is 0 Å². The maximum Gasteiger partial charge on any atom is 0.194 e. The molecule has 0 radical (unpaired) electrons. The van der Waals surface area contributed by atoms with Crippen molar-refractivity contribution in [3.05, 3.63) is 64.2 Å². The van der Waals surface area contributed by atoms with Gasteiger partial charge in [0.15, 0.2) is 24.6 Å². The topological polar surface area (TPSA) is 80.7 Å². The first-order valence-corrected chi connectivity index (χ1v) is 6.22. The van der Waals surface area contributed by atoms with Crippen molar-refractivity contribution in [2.75, 3.05) is 6.79 Å². The molecule has 0 bridgehead atoms. The van der Waals surface area contributed by atoms with Crippen LogP contribution in [-0.4, -0.2) is 29.8 Å². The van der Waals surface area contributed by atoms with Gasteiger partial charge in [-0.3, -0.25) is 14.4 Å². The van der Waals surface area contributed by atoms with Gasteiger partial charge in [0.2, 0.25) is 0 Å². The summed E-state index contributed by atoms with van der Waals surface area (Å²) in [6, 6.07) is 9.17. The van der Waals surface area contributed by atoms with Gasteiger partial charge in [-0.1, -0.05) is 24.3 Å². The lowest BCUT2D eigenvalue weighted by molar-refractivity contribution is 0.0941. The average Bonchev–Trinajstić information content (AvgIpc) is 2.52. The van der Waals surface area contributed by atoms with Crippen LogP contribution in [0.1, 0.15) is 42.2 Å². The molecule has 3 rings (SSSR count). The molecular formula is C16H10O5. The summed E-state index contributed by atoms with van der Waals surface area (Å²) in [6.45, 7) is -0.627. The standard InChI is InChI=1S/C16H10O5/c17-7-9-5-12-13(6-14(9)21-8-18)16(20)11-4-2-1-3-10(11)15(12)19/h1-7,18H,8H2. The number of carbonyl (C=O) groups is 3. The minimum atomic E-state index is -0.627. The molecule has 21 heavy (non-hydrogen) atoms. The van der Waals surface area contributed by atoms with Crippen molar-refractivity contribution in [1.29, 1.82) is 0 Å². The zero-order chi connectivity index (χ0) is 15.0. The fourth-order valence-electron chi connectivity index (χ4n) is 2.43. The lowest BCUT2D eigenvalue weighted by Crippen LogP contribution is -2.21. The summed E-state index contributed by atoms with van der Waals surface area (Å²) in [7, 11) is 0. The van der Waals surface area contributed by atoms with Crippen LogP contribution in [0.3, 0.4) is 0 Å².